The zero-order valence-electron chi connectivity index (χ0n) is 11.8. The fraction of sp³-hybridized carbons (Fsp3) is 0.429. The van der Waals surface area contributed by atoms with E-state index in [1.54, 1.807) is 18.2 Å². The predicted octanol–water partition coefficient (Wildman–Crippen LogP) is 1.69. The molecule has 0 bridgehead atoms. The van der Waals surface area contributed by atoms with Gasteiger partial charge in [0.25, 0.3) is 5.91 Å². The van der Waals surface area contributed by atoms with Crippen LogP contribution in [0.5, 0.6) is 11.5 Å². The first-order valence-electron chi connectivity index (χ1n) is 6.29. The van der Waals surface area contributed by atoms with Crippen LogP contribution in [-0.4, -0.2) is 37.2 Å². The van der Waals surface area contributed by atoms with Crippen molar-refractivity contribution in [3.63, 3.8) is 0 Å². The van der Waals surface area contributed by atoms with Gasteiger partial charge in [-0.05, 0) is 18.6 Å². The van der Waals surface area contributed by atoms with Crippen LogP contribution >= 0.6 is 0 Å². The summed E-state index contributed by atoms with van der Waals surface area (Å²) in [5, 5.41) is 11.6. The summed E-state index contributed by atoms with van der Waals surface area (Å²) < 4.78 is 10.2. The number of rotatable bonds is 7. The molecule has 1 amide bonds. The molecule has 0 spiro atoms. The average Bonchev–Trinajstić information content (AvgIpc) is 2.45. The minimum absolute atomic E-state index is 0.194. The van der Waals surface area contributed by atoms with Gasteiger partial charge in [0.15, 0.2) is 0 Å². The fourth-order valence-corrected chi connectivity index (χ4v) is 1.85. The SMILES string of the molecule is CCCC(NC(=O)c1c(OC)cccc1OC)C(=O)O. The first kappa shape index (κ1) is 15.8. The zero-order valence-corrected chi connectivity index (χ0v) is 11.8. The monoisotopic (exact) mass is 281 g/mol. The molecule has 110 valence electrons. The van der Waals surface area contributed by atoms with E-state index >= 15 is 0 Å². The number of benzene rings is 1. The molecule has 2 N–H and O–H groups in total. The maximum atomic E-state index is 12.3. The molecule has 0 heterocycles. The van der Waals surface area contributed by atoms with Gasteiger partial charge in [-0.25, -0.2) is 4.79 Å². The van der Waals surface area contributed by atoms with E-state index in [0.29, 0.717) is 24.3 Å². The minimum atomic E-state index is -1.06. The number of aliphatic carboxylic acids is 1. The highest BCUT2D eigenvalue weighted by Gasteiger charge is 2.24. The van der Waals surface area contributed by atoms with E-state index in [2.05, 4.69) is 5.32 Å². The van der Waals surface area contributed by atoms with Gasteiger partial charge in [-0.2, -0.15) is 0 Å². The van der Waals surface area contributed by atoms with E-state index < -0.39 is 17.9 Å². The number of carboxylic acid groups (broad SMARTS) is 1. The van der Waals surface area contributed by atoms with Gasteiger partial charge in [0, 0.05) is 0 Å². The molecule has 0 saturated carbocycles. The number of amides is 1. The maximum Gasteiger partial charge on any atom is 0.326 e. The minimum Gasteiger partial charge on any atom is -0.496 e. The molecule has 1 aromatic rings. The molecule has 0 radical (unpaired) electrons. The summed E-state index contributed by atoms with van der Waals surface area (Å²) in [4.78, 5) is 23.3. The first-order chi connectivity index (χ1) is 9.54. The lowest BCUT2D eigenvalue weighted by atomic mass is 10.1. The van der Waals surface area contributed by atoms with E-state index in [1.165, 1.54) is 14.2 Å². The highest BCUT2D eigenvalue weighted by molar-refractivity contribution is 6.01. The summed E-state index contributed by atoms with van der Waals surface area (Å²) in [6.45, 7) is 1.85. The van der Waals surface area contributed by atoms with Crippen LogP contribution in [0.2, 0.25) is 0 Å². The number of ether oxygens (including phenoxy) is 2. The second-order valence-electron chi connectivity index (χ2n) is 4.19. The van der Waals surface area contributed by atoms with Crippen LogP contribution in [0.15, 0.2) is 18.2 Å². The largest absolute Gasteiger partial charge is 0.496 e. The lowest BCUT2D eigenvalue weighted by molar-refractivity contribution is -0.139. The Hall–Kier alpha value is -2.24. The number of carbonyl (C=O) groups excluding carboxylic acids is 1. The molecular weight excluding hydrogens is 262 g/mol. The summed E-state index contributed by atoms with van der Waals surface area (Å²) >= 11 is 0. The smallest absolute Gasteiger partial charge is 0.326 e. The lowest BCUT2D eigenvalue weighted by Gasteiger charge is -2.16. The summed E-state index contributed by atoms with van der Waals surface area (Å²) in [5.74, 6) is -0.917. The fourth-order valence-electron chi connectivity index (χ4n) is 1.85. The van der Waals surface area contributed by atoms with Crippen LogP contribution in [0.1, 0.15) is 30.1 Å². The van der Waals surface area contributed by atoms with Crippen LogP contribution in [0.3, 0.4) is 0 Å². The number of hydrogen-bond donors (Lipinski definition) is 2. The third kappa shape index (κ3) is 3.63. The third-order valence-electron chi connectivity index (χ3n) is 2.84. The molecule has 20 heavy (non-hydrogen) atoms. The van der Waals surface area contributed by atoms with Gasteiger partial charge in [0.2, 0.25) is 0 Å². The molecule has 0 saturated heterocycles. The second kappa shape index (κ2) is 7.37. The molecule has 0 aliphatic heterocycles. The van der Waals surface area contributed by atoms with Gasteiger partial charge in [-0.1, -0.05) is 19.4 Å². The summed E-state index contributed by atoms with van der Waals surface area (Å²) in [6, 6.07) is 4.00. The normalized spacial score (nSPS) is 11.6. The molecule has 0 aliphatic carbocycles. The highest BCUT2D eigenvalue weighted by atomic mass is 16.5. The van der Waals surface area contributed by atoms with Crippen LogP contribution in [0.25, 0.3) is 0 Å². The molecule has 1 rings (SSSR count). The lowest BCUT2D eigenvalue weighted by Crippen LogP contribution is -2.40. The number of hydrogen-bond acceptors (Lipinski definition) is 4. The Morgan fingerprint density at radius 1 is 1.25 bits per heavy atom. The Morgan fingerprint density at radius 2 is 1.80 bits per heavy atom. The van der Waals surface area contributed by atoms with Gasteiger partial charge in [-0.3, -0.25) is 4.79 Å². The van der Waals surface area contributed by atoms with Crippen molar-refractivity contribution >= 4 is 11.9 Å². The maximum absolute atomic E-state index is 12.3. The van der Waals surface area contributed by atoms with Crippen LogP contribution in [0, 0.1) is 0 Å². The number of methoxy groups -OCH3 is 2. The van der Waals surface area contributed by atoms with Crippen molar-refractivity contribution in [3.8, 4) is 11.5 Å². The zero-order chi connectivity index (χ0) is 15.1. The predicted molar refractivity (Wildman–Crippen MR) is 73.3 cm³/mol. The van der Waals surface area contributed by atoms with Gasteiger partial charge in [-0.15, -0.1) is 0 Å². The van der Waals surface area contributed by atoms with Crippen molar-refractivity contribution in [1.82, 2.24) is 5.32 Å². The Labute approximate surface area is 117 Å². The summed E-state index contributed by atoms with van der Waals surface area (Å²) in [5.41, 5.74) is 0.194. The van der Waals surface area contributed by atoms with Crippen molar-refractivity contribution in [2.45, 2.75) is 25.8 Å². The van der Waals surface area contributed by atoms with Crippen molar-refractivity contribution in [1.29, 1.82) is 0 Å². The molecule has 1 aromatic carbocycles. The Bertz CT molecular complexity index is 464. The van der Waals surface area contributed by atoms with Gasteiger partial charge < -0.3 is 19.9 Å². The van der Waals surface area contributed by atoms with E-state index in [0.717, 1.165) is 0 Å². The molecule has 0 aromatic heterocycles. The molecular formula is C14H19NO5. The highest BCUT2D eigenvalue weighted by Crippen LogP contribution is 2.28. The number of nitrogens with one attached hydrogen (secondary N) is 1. The van der Waals surface area contributed by atoms with Crippen LogP contribution < -0.4 is 14.8 Å². The van der Waals surface area contributed by atoms with Crippen molar-refractivity contribution in [2.75, 3.05) is 14.2 Å². The van der Waals surface area contributed by atoms with Gasteiger partial charge >= 0.3 is 5.97 Å². The van der Waals surface area contributed by atoms with Crippen LogP contribution in [0.4, 0.5) is 0 Å². The van der Waals surface area contributed by atoms with Crippen LogP contribution in [-0.2, 0) is 4.79 Å². The van der Waals surface area contributed by atoms with E-state index in [1.807, 2.05) is 6.92 Å². The third-order valence-corrected chi connectivity index (χ3v) is 2.84. The molecule has 1 unspecified atom stereocenters. The Balaban J connectivity index is 3.04. The quantitative estimate of drug-likeness (QED) is 0.794. The standard InChI is InChI=1S/C14H19NO5/c1-4-6-9(14(17)18)15-13(16)12-10(19-2)7-5-8-11(12)20-3/h5,7-9H,4,6H2,1-3H3,(H,15,16)(H,17,18). The van der Waals surface area contributed by atoms with E-state index in [9.17, 15) is 9.59 Å². The molecule has 6 heteroatoms. The average molecular weight is 281 g/mol. The Morgan fingerprint density at radius 3 is 2.20 bits per heavy atom. The molecule has 6 nitrogen and oxygen atoms in total. The van der Waals surface area contributed by atoms with Gasteiger partial charge in [0.05, 0.1) is 14.2 Å². The second-order valence-corrected chi connectivity index (χ2v) is 4.19. The molecule has 0 fully saturated rings. The molecule has 0 aliphatic rings. The first-order valence-corrected chi connectivity index (χ1v) is 6.29. The van der Waals surface area contributed by atoms with Gasteiger partial charge in [0.1, 0.15) is 23.1 Å². The summed E-state index contributed by atoms with van der Waals surface area (Å²) in [6.07, 6.45) is 1.01. The van der Waals surface area contributed by atoms with Crippen molar-refractivity contribution < 1.29 is 24.2 Å². The summed E-state index contributed by atoms with van der Waals surface area (Å²) in [7, 11) is 2.87. The van der Waals surface area contributed by atoms with E-state index in [-0.39, 0.29) is 5.56 Å². The molecule has 1 atom stereocenters. The van der Waals surface area contributed by atoms with Crippen molar-refractivity contribution in [3.05, 3.63) is 23.8 Å². The van der Waals surface area contributed by atoms with Crippen molar-refractivity contribution in [2.24, 2.45) is 0 Å². The number of carboxylic acids is 1. The Kier molecular flexibility index (Phi) is 5.83. The topological polar surface area (TPSA) is 84.9 Å². The number of carbonyl (C=O) groups is 2. The van der Waals surface area contributed by atoms with E-state index in [4.69, 9.17) is 14.6 Å².